The third kappa shape index (κ3) is 4.41. The van der Waals surface area contributed by atoms with E-state index in [0.29, 0.717) is 5.75 Å². The average Bonchev–Trinajstić information content (AvgIpc) is 2.84. The lowest BCUT2D eigenvalue weighted by atomic mass is 10.2. The van der Waals surface area contributed by atoms with Crippen LogP contribution in [0.15, 0.2) is 46.1 Å². The second-order valence-corrected chi connectivity index (χ2v) is 8.14. The molecule has 0 radical (unpaired) electrons. The van der Waals surface area contributed by atoms with Gasteiger partial charge in [-0.3, -0.25) is 14.3 Å². The summed E-state index contributed by atoms with van der Waals surface area (Å²) in [5, 5.41) is 10.4. The number of halogens is 3. The van der Waals surface area contributed by atoms with Gasteiger partial charge in [-0.05, 0) is 24.3 Å². The van der Waals surface area contributed by atoms with E-state index in [-0.39, 0.29) is 19.2 Å². The van der Waals surface area contributed by atoms with Crippen LogP contribution in [0.25, 0.3) is 0 Å². The van der Waals surface area contributed by atoms with Gasteiger partial charge < -0.3 is 19.3 Å². The van der Waals surface area contributed by atoms with Crippen LogP contribution in [0, 0.1) is 5.82 Å². The Balaban J connectivity index is 1.61. The fourth-order valence-electron chi connectivity index (χ4n) is 2.52. The Morgan fingerprint density at radius 3 is 2.70 bits per heavy atom. The van der Waals surface area contributed by atoms with Gasteiger partial charge in [0.15, 0.2) is 16.8 Å². The molecule has 1 aliphatic heterocycles. The molecule has 1 aliphatic rings. The van der Waals surface area contributed by atoms with Crippen molar-refractivity contribution in [2.24, 2.45) is 0 Å². The molecule has 1 fully saturated rings. The molecular weight excluding hydrogens is 451 g/mol. The summed E-state index contributed by atoms with van der Waals surface area (Å²) in [6, 6.07) is 6.52. The van der Waals surface area contributed by atoms with Gasteiger partial charge in [-0.2, -0.15) is 0 Å². The molecule has 2 N–H and O–H groups in total. The predicted octanol–water partition coefficient (Wildman–Crippen LogP) is 1.32. The molecular formula is C16H15BrClFN2O6. The van der Waals surface area contributed by atoms with Crippen LogP contribution in [0.3, 0.4) is 0 Å². The molecule has 0 spiro atoms. The summed E-state index contributed by atoms with van der Waals surface area (Å²) in [6.45, 7) is -0.254. The SMILES string of the molecule is O=c1ccn([C@@H]2O[C@H](COCOc3ccc(F)cc3)[C@@H](O)[C@@]2(Cl)Br)c(=O)[nH]1. The number of hydrogen-bond donors (Lipinski definition) is 2. The average molecular weight is 466 g/mol. The summed E-state index contributed by atoms with van der Waals surface area (Å²) in [7, 11) is 0. The molecule has 0 unspecified atom stereocenters. The minimum atomic E-state index is -1.51. The molecule has 0 bridgehead atoms. The Hall–Kier alpha value is -1.72. The fourth-order valence-corrected chi connectivity index (χ4v) is 3.44. The molecule has 1 aromatic carbocycles. The summed E-state index contributed by atoms with van der Waals surface area (Å²) < 4.78 is 28.6. The van der Waals surface area contributed by atoms with Gasteiger partial charge >= 0.3 is 5.69 Å². The van der Waals surface area contributed by atoms with Crippen LogP contribution in [-0.2, 0) is 9.47 Å². The molecule has 4 atom stereocenters. The summed E-state index contributed by atoms with van der Waals surface area (Å²) in [5.41, 5.74) is -1.30. The quantitative estimate of drug-likeness (QED) is 0.379. The molecule has 8 nitrogen and oxygen atoms in total. The maximum Gasteiger partial charge on any atom is 0.330 e. The van der Waals surface area contributed by atoms with Crippen molar-refractivity contribution in [1.29, 1.82) is 0 Å². The molecule has 3 rings (SSSR count). The van der Waals surface area contributed by atoms with Crippen molar-refractivity contribution in [3.8, 4) is 5.75 Å². The monoisotopic (exact) mass is 464 g/mol. The van der Waals surface area contributed by atoms with Crippen molar-refractivity contribution in [1.82, 2.24) is 9.55 Å². The molecule has 27 heavy (non-hydrogen) atoms. The minimum absolute atomic E-state index is 0.0863. The molecule has 2 aromatic rings. The summed E-state index contributed by atoms with van der Waals surface area (Å²) in [6.07, 6.45) is -1.97. The fraction of sp³-hybridized carbons (Fsp3) is 0.375. The predicted molar refractivity (Wildman–Crippen MR) is 96.6 cm³/mol. The Bertz CT molecular complexity index is 903. The van der Waals surface area contributed by atoms with Gasteiger partial charge in [0.05, 0.1) is 6.61 Å². The van der Waals surface area contributed by atoms with E-state index in [1.165, 1.54) is 30.5 Å². The lowest BCUT2D eigenvalue weighted by molar-refractivity contribution is -0.0867. The molecule has 2 heterocycles. The van der Waals surface area contributed by atoms with E-state index in [1.807, 2.05) is 0 Å². The third-order valence-corrected chi connectivity index (χ3v) is 5.16. The van der Waals surface area contributed by atoms with E-state index in [9.17, 15) is 19.1 Å². The first-order chi connectivity index (χ1) is 12.8. The van der Waals surface area contributed by atoms with E-state index in [0.717, 1.165) is 10.6 Å². The van der Waals surface area contributed by atoms with Gasteiger partial charge in [-0.15, -0.1) is 0 Å². The van der Waals surface area contributed by atoms with E-state index >= 15 is 0 Å². The highest BCUT2D eigenvalue weighted by molar-refractivity contribution is 9.10. The van der Waals surface area contributed by atoms with E-state index < -0.39 is 33.5 Å². The van der Waals surface area contributed by atoms with Crippen LogP contribution in [-0.4, -0.2) is 44.0 Å². The number of H-pyrrole nitrogens is 1. The number of rotatable bonds is 6. The number of aliphatic hydroxyl groups is 1. The number of nitrogens with zero attached hydrogens (tertiary/aromatic N) is 1. The largest absolute Gasteiger partial charge is 0.468 e. The Morgan fingerprint density at radius 1 is 1.33 bits per heavy atom. The maximum atomic E-state index is 12.8. The zero-order valence-corrected chi connectivity index (χ0v) is 16.0. The van der Waals surface area contributed by atoms with Crippen molar-refractivity contribution in [2.45, 2.75) is 22.2 Å². The zero-order valence-electron chi connectivity index (χ0n) is 13.7. The number of hydrogen-bond acceptors (Lipinski definition) is 6. The number of aromatic nitrogens is 2. The van der Waals surface area contributed by atoms with Crippen LogP contribution in [0.5, 0.6) is 5.75 Å². The first-order valence-electron chi connectivity index (χ1n) is 7.78. The number of nitrogens with one attached hydrogen (secondary N) is 1. The molecule has 0 amide bonds. The van der Waals surface area contributed by atoms with E-state index in [2.05, 4.69) is 20.9 Å². The topological polar surface area (TPSA) is 103 Å². The third-order valence-electron chi connectivity index (χ3n) is 3.89. The van der Waals surface area contributed by atoms with Gasteiger partial charge in [0, 0.05) is 12.3 Å². The van der Waals surface area contributed by atoms with E-state index in [4.69, 9.17) is 25.8 Å². The lowest BCUT2D eigenvalue weighted by Gasteiger charge is -2.24. The number of aliphatic hydroxyl groups excluding tert-OH is 1. The highest BCUT2D eigenvalue weighted by atomic mass is 79.9. The number of aromatic amines is 1. The highest BCUT2D eigenvalue weighted by Crippen LogP contribution is 2.47. The summed E-state index contributed by atoms with van der Waals surface area (Å²) in [4.78, 5) is 25.2. The smallest absolute Gasteiger partial charge is 0.330 e. The second-order valence-electron chi connectivity index (χ2n) is 5.75. The molecule has 1 aromatic heterocycles. The molecule has 11 heteroatoms. The van der Waals surface area contributed by atoms with Crippen LogP contribution in [0.4, 0.5) is 4.39 Å². The molecule has 0 saturated carbocycles. The minimum Gasteiger partial charge on any atom is -0.468 e. The van der Waals surface area contributed by atoms with Crippen LogP contribution in [0.2, 0.25) is 0 Å². The normalized spacial score (nSPS) is 27.6. The first kappa shape index (κ1) is 20.0. The Labute approximate surface area is 165 Å². The second kappa shape index (κ2) is 8.11. The van der Waals surface area contributed by atoms with Gasteiger partial charge in [-0.1, -0.05) is 27.5 Å². The first-order valence-corrected chi connectivity index (χ1v) is 8.95. The van der Waals surface area contributed by atoms with Crippen molar-refractivity contribution in [3.05, 3.63) is 63.2 Å². The Kier molecular flexibility index (Phi) is 6.02. The van der Waals surface area contributed by atoms with Crippen molar-refractivity contribution >= 4 is 27.5 Å². The highest BCUT2D eigenvalue weighted by Gasteiger charge is 2.55. The number of ether oxygens (including phenoxy) is 3. The summed E-state index contributed by atoms with van der Waals surface area (Å²) in [5.74, 6) is 0.0270. The van der Waals surface area contributed by atoms with Crippen LogP contribution < -0.4 is 16.0 Å². The van der Waals surface area contributed by atoms with Gasteiger partial charge in [0.1, 0.15) is 23.8 Å². The Morgan fingerprint density at radius 2 is 2.04 bits per heavy atom. The number of benzene rings is 1. The zero-order chi connectivity index (χ0) is 19.6. The van der Waals surface area contributed by atoms with Gasteiger partial charge in [-0.25, -0.2) is 9.18 Å². The standard InChI is InChI=1S/C16H15BrClFN2O6/c17-16(18)13(23)11(7-25-8-26-10-3-1-9(19)2-4-10)27-14(16)21-6-5-12(22)20-15(21)24/h1-6,11,13-14,23H,7-8H2,(H,20,22,24)/t11-,13-,14-,16+/m1/s1. The van der Waals surface area contributed by atoms with Gasteiger partial charge in [0.2, 0.25) is 0 Å². The molecule has 1 saturated heterocycles. The maximum absolute atomic E-state index is 12.8. The van der Waals surface area contributed by atoms with Crippen LogP contribution >= 0.6 is 27.5 Å². The number of alkyl halides is 2. The molecule has 0 aliphatic carbocycles. The van der Waals surface area contributed by atoms with E-state index in [1.54, 1.807) is 0 Å². The lowest BCUT2D eigenvalue weighted by Crippen LogP contribution is -2.41. The van der Waals surface area contributed by atoms with Crippen LogP contribution in [0.1, 0.15) is 6.23 Å². The van der Waals surface area contributed by atoms with Gasteiger partial charge in [0.25, 0.3) is 5.56 Å². The van der Waals surface area contributed by atoms with Crippen molar-refractivity contribution < 1.29 is 23.7 Å². The summed E-state index contributed by atoms with van der Waals surface area (Å²) >= 11 is 9.49. The molecule has 146 valence electrons. The van der Waals surface area contributed by atoms with Crippen molar-refractivity contribution in [3.63, 3.8) is 0 Å². The van der Waals surface area contributed by atoms with Crippen molar-refractivity contribution in [2.75, 3.05) is 13.4 Å².